The number of benzene rings is 1. The zero-order valence-corrected chi connectivity index (χ0v) is 14.6. The van der Waals surface area contributed by atoms with E-state index in [4.69, 9.17) is 34.8 Å². The van der Waals surface area contributed by atoms with Crippen molar-refractivity contribution in [3.8, 4) is 0 Å². The smallest absolute Gasteiger partial charge is 0.262 e. The maximum Gasteiger partial charge on any atom is 0.262 e. The number of halogens is 3. The van der Waals surface area contributed by atoms with Crippen LogP contribution in [0.2, 0.25) is 0 Å². The highest BCUT2D eigenvalue weighted by molar-refractivity contribution is 7.12. The third-order valence-electron chi connectivity index (χ3n) is 2.95. The van der Waals surface area contributed by atoms with Crippen LogP contribution in [0.3, 0.4) is 0 Å². The lowest BCUT2D eigenvalue weighted by molar-refractivity contribution is 0.0934. The van der Waals surface area contributed by atoms with E-state index in [1.165, 1.54) is 16.9 Å². The number of alkyl halides is 3. The first-order chi connectivity index (χ1) is 10.5. The summed E-state index contributed by atoms with van der Waals surface area (Å²) in [6.45, 7) is 0.577. The van der Waals surface area contributed by atoms with Crippen molar-refractivity contribution in [3.05, 3.63) is 58.3 Å². The fourth-order valence-corrected chi connectivity index (χ4v) is 2.89. The molecule has 0 radical (unpaired) electrons. The average Bonchev–Trinajstić information content (AvgIpc) is 3.00. The molecule has 1 aromatic carbocycles. The van der Waals surface area contributed by atoms with E-state index in [1.54, 1.807) is 12.1 Å². The van der Waals surface area contributed by atoms with Crippen LogP contribution in [-0.2, 0) is 6.42 Å². The van der Waals surface area contributed by atoms with Crippen molar-refractivity contribution in [3.63, 3.8) is 0 Å². The molecule has 0 aliphatic heterocycles. The van der Waals surface area contributed by atoms with Crippen LogP contribution in [-0.4, -0.2) is 22.4 Å². The lowest BCUT2D eigenvalue weighted by Crippen LogP contribution is -2.53. The summed E-state index contributed by atoms with van der Waals surface area (Å²) in [4.78, 5) is 12.7. The number of nitrogens with one attached hydrogen (secondary N) is 2. The molecule has 2 rings (SSSR count). The first kappa shape index (κ1) is 17.6. The fraction of sp³-hybridized carbons (Fsp3) is 0.267. The van der Waals surface area contributed by atoms with Crippen molar-refractivity contribution in [2.45, 2.75) is 16.4 Å². The van der Waals surface area contributed by atoms with Crippen LogP contribution >= 0.6 is 46.1 Å². The molecule has 0 spiro atoms. The van der Waals surface area contributed by atoms with Crippen molar-refractivity contribution < 1.29 is 4.79 Å². The molecule has 0 aliphatic rings. The number of amides is 1. The Bertz CT molecular complexity index is 585. The van der Waals surface area contributed by atoms with Gasteiger partial charge < -0.3 is 5.32 Å². The van der Waals surface area contributed by atoms with Gasteiger partial charge in [0.15, 0.2) is 0 Å². The van der Waals surface area contributed by atoms with E-state index in [-0.39, 0.29) is 5.91 Å². The van der Waals surface area contributed by atoms with Gasteiger partial charge in [-0.2, -0.15) is 0 Å². The van der Waals surface area contributed by atoms with Crippen LogP contribution in [0, 0.1) is 0 Å². The summed E-state index contributed by atoms with van der Waals surface area (Å²) < 4.78 is -1.64. The van der Waals surface area contributed by atoms with Crippen LogP contribution in [0.4, 0.5) is 0 Å². The number of carbonyl (C=O) groups excluding carboxylic acids is 1. The number of carbonyl (C=O) groups is 1. The van der Waals surface area contributed by atoms with Gasteiger partial charge in [0.05, 0.1) is 4.88 Å². The minimum absolute atomic E-state index is 0.265. The third-order valence-corrected chi connectivity index (χ3v) is 4.48. The molecule has 0 saturated heterocycles. The Morgan fingerprint density at radius 3 is 2.45 bits per heavy atom. The Morgan fingerprint density at radius 2 is 1.86 bits per heavy atom. The second-order valence-corrected chi connectivity index (χ2v) is 7.93. The van der Waals surface area contributed by atoms with E-state index >= 15 is 0 Å². The van der Waals surface area contributed by atoms with Crippen LogP contribution in [0.15, 0.2) is 47.8 Å². The second kappa shape index (κ2) is 8.18. The molecule has 118 valence electrons. The van der Waals surface area contributed by atoms with Gasteiger partial charge in [0.1, 0.15) is 6.17 Å². The Hall–Kier alpha value is -0.780. The van der Waals surface area contributed by atoms with E-state index in [1.807, 2.05) is 35.7 Å². The standard InChI is InChI=1S/C15H15Cl3N2OS/c16-15(17,18)14(20-13(21)12-7-4-10-22-12)19-9-8-11-5-2-1-3-6-11/h1-7,10,14,19H,8-9H2,(H,20,21)/t14-/m1/s1. The van der Waals surface area contributed by atoms with Gasteiger partial charge in [-0.05, 0) is 23.4 Å². The van der Waals surface area contributed by atoms with Gasteiger partial charge in [0, 0.05) is 6.54 Å². The predicted octanol–water partition coefficient (Wildman–Crippen LogP) is 4.01. The fourth-order valence-electron chi connectivity index (χ4n) is 1.86. The highest BCUT2D eigenvalue weighted by Gasteiger charge is 2.33. The number of hydrogen-bond donors (Lipinski definition) is 2. The van der Waals surface area contributed by atoms with Crippen LogP contribution in [0.5, 0.6) is 0 Å². The first-order valence-corrected chi connectivity index (χ1v) is 8.66. The molecule has 0 aliphatic carbocycles. The van der Waals surface area contributed by atoms with Crippen LogP contribution in [0.25, 0.3) is 0 Å². The lowest BCUT2D eigenvalue weighted by atomic mass is 10.1. The summed E-state index contributed by atoms with van der Waals surface area (Å²) in [6, 6.07) is 13.5. The third kappa shape index (κ3) is 5.45. The molecule has 2 aromatic rings. The summed E-state index contributed by atoms with van der Waals surface area (Å²) in [6.07, 6.45) is 0.00303. The Labute approximate surface area is 148 Å². The largest absolute Gasteiger partial charge is 0.332 e. The molecule has 1 aromatic heterocycles. The van der Waals surface area contributed by atoms with Gasteiger partial charge in [0.25, 0.3) is 5.91 Å². The maximum absolute atomic E-state index is 12.1. The summed E-state index contributed by atoms with van der Waals surface area (Å²) in [7, 11) is 0. The molecule has 1 atom stereocenters. The average molecular weight is 378 g/mol. The van der Waals surface area contributed by atoms with Crippen LogP contribution < -0.4 is 10.6 Å². The summed E-state index contributed by atoms with van der Waals surface area (Å²) in [5, 5.41) is 7.61. The summed E-state index contributed by atoms with van der Waals surface area (Å²) in [5.74, 6) is -0.265. The Balaban J connectivity index is 1.91. The summed E-state index contributed by atoms with van der Waals surface area (Å²) in [5.41, 5.74) is 1.17. The minimum atomic E-state index is -1.64. The van der Waals surface area contributed by atoms with Crippen LogP contribution in [0.1, 0.15) is 15.2 Å². The predicted molar refractivity (Wildman–Crippen MR) is 94.0 cm³/mol. The van der Waals surface area contributed by atoms with Gasteiger partial charge in [-0.3, -0.25) is 10.1 Å². The molecule has 0 saturated carbocycles. The highest BCUT2D eigenvalue weighted by Crippen LogP contribution is 2.29. The monoisotopic (exact) mass is 376 g/mol. The van der Waals surface area contributed by atoms with Crippen molar-refractivity contribution >= 4 is 52.0 Å². The zero-order valence-electron chi connectivity index (χ0n) is 11.6. The second-order valence-electron chi connectivity index (χ2n) is 4.62. The first-order valence-electron chi connectivity index (χ1n) is 6.65. The molecule has 22 heavy (non-hydrogen) atoms. The van der Waals surface area contributed by atoms with Gasteiger partial charge in [-0.1, -0.05) is 71.2 Å². The molecule has 7 heteroatoms. The van der Waals surface area contributed by atoms with E-state index in [0.29, 0.717) is 11.4 Å². The molecule has 1 amide bonds. The van der Waals surface area contributed by atoms with Crippen molar-refractivity contribution in [2.75, 3.05) is 6.54 Å². The molecule has 0 bridgehead atoms. The quantitative estimate of drug-likeness (QED) is 0.590. The van der Waals surface area contributed by atoms with Gasteiger partial charge in [0.2, 0.25) is 3.79 Å². The summed E-state index contributed by atoms with van der Waals surface area (Å²) >= 11 is 19.2. The SMILES string of the molecule is O=C(N[C@@H](NCCc1ccccc1)C(Cl)(Cl)Cl)c1cccs1. The normalized spacial score (nSPS) is 12.9. The molecular weight excluding hydrogens is 363 g/mol. The van der Waals surface area contributed by atoms with Gasteiger partial charge in [-0.25, -0.2) is 0 Å². The van der Waals surface area contributed by atoms with E-state index in [9.17, 15) is 4.79 Å². The van der Waals surface area contributed by atoms with Crippen molar-refractivity contribution in [1.29, 1.82) is 0 Å². The number of rotatable bonds is 6. The molecular formula is C15H15Cl3N2OS. The molecule has 2 N–H and O–H groups in total. The topological polar surface area (TPSA) is 41.1 Å². The molecule has 0 unspecified atom stereocenters. The maximum atomic E-state index is 12.1. The van der Waals surface area contributed by atoms with E-state index < -0.39 is 9.96 Å². The van der Waals surface area contributed by atoms with E-state index in [0.717, 1.165) is 6.42 Å². The Kier molecular flexibility index (Phi) is 6.53. The molecule has 0 fully saturated rings. The number of hydrogen-bond acceptors (Lipinski definition) is 3. The lowest BCUT2D eigenvalue weighted by Gasteiger charge is -2.26. The molecule has 3 nitrogen and oxygen atoms in total. The van der Waals surface area contributed by atoms with Crippen molar-refractivity contribution in [2.24, 2.45) is 0 Å². The number of thiophene rings is 1. The zero-order chi connectivity index (χ0) is 16.0. The van der Waals surface area contributed by atoms with Gasteiger partial charge in [-0.15, -0.1) is 11.3 Å². The Morgan fingerprint density at radius 1 is 1.14 bits per heavy atom. The van der Waals surface area contributed by atoms with Crippen molar-refractivity contribution in [1.82, 2.24) is 10.6 Å². The minimum Gasteiger partial charge on any atom is -0.332 e. The highest BCUT2D eigenvalue weighted by atomic mass is 35.6. The molecule has 1 heterocycles. The van der Waals surface area contributed by atoms with E-state index in [2.05, 4.69) is 10.6 Å². The van der Waals surface area contributed by atoms with Gasteiger partial charge >= 0.3 is 0 Å².